The quantitative estimate of drug-likeness (QED) is 0.220. The summed E-state index contributed by atoms with van der Waals surface area (Å²) in [6.45, 7) is 4.30. The molecule has 1 nitrogen and oxygen atoms in total. The van der Waals surface area contributed by atoms with E-state index in [-0.39, 0.29) is 5.92 Å². The van der Waals surface area contributed by atoms with Crippen LogP contribution in [0.15, 0.2) is 54.6 Å². The Morgan fingerprint density at radius 3 is 2.24 bits per heavy atom. The summed E-state index contributed by atoms with van der Waals surface area (Å²) >= 11 is 0. The molecule has 0 heterocycles. The largest absolute Gasteiger partial charge is 0.460 e. The van der Waals surface area contributed by atoms with E-state index in [9.17, 15) is 4.39 Å². The molecule has 29 heavy (non-hydrogen) atoms. The van der Waals surface area contributed by atoms with Gasteiger partial charge in [-0.1, -0.05) is 101 Å². The van der Waals surface area contributed by atoms with Crippen molar-refractivity contribution >= 4 is 21.5 Å². The third-order valence-corrected chi connectivity index (χ3v) is 6.04. The van der Waals surface area contributed by atoms with Crippen molar-refractivity contribution in [1.29, 1.82) is 0 Å². The zero-order chi connectivity index (χ0) is 20.5. The van der Waals surface area contributed by atoms with Crippen molar-refractivity contribution < 1.29 is 9.13 Å². The molecule has 0 aliphatic heterocycles. The first-order valence-corrected chi connectivity index (χ1v) is 11.4. The molecule has 3 rings (SSSR count). The van der Waals surface area contributed by atoms with Crippen molar-refractivity contribution in [2.45, 2.75) is 78.0 Å². The fourth-order valence-electron chi connectivity index (χ4n) is 4.17. The molecule has 2 unspecified atom stereocenters. The van der Waals surface area contributed by atoms with Gasteiger partial charge in [0.05, 0.1) is 0 Å². The molecular weight excluding hydrogens is 359 g/mol. The molecule has 0 aliphatic carbocycles. The zero-order valence-corrected chi connectivity index (χ0v) is 18.0. The summed E-state index contributed by atoms with van der Waals surface area (Å²) in [4.78, 5) is 0. The van der Waals surface area contributed by atoms with Crippen molar-refractivity contribution in [3.8, 4) is 5.75 Å². The summed E-state index contributed by atoms with van der Waals surface area (Å²) in [6, 6.07) is 18.5. The molecule has 0 aromatic heterocycles. The van der Waals surface area contributed by atoms with Crippen molar-refractivity contribution in [2.24, 2.45) is 5.92 Å². The molecule has 0 aliphatic rings. The monoisotopic (exact) mass is 394 g/mol. The number of hydrogen-bond acceptors (Lipinski definition) is 1. The van der Waals surface area contributed by atoms with E-state index in [1.807, 2.05) is 12.1 Å². The van der Waals surface area contributed by atoms with Crippen molar-refractivity contribution in [1.82, 2.24) is 0 Å². The Kier molecular flexibility index (Phi) is 8.34. The lowest BCUT2D eigenvalue weighted by Gasteiger charge is -2.21. The molecule has 0 radical (unpaired) electrons. The zero-order valence-electron chi connectivity index (χ0n) is 18.0. The molecule has 0 fully saturated rings. The lowest BCUT2D eigenvalue weighted by Crippen LogP contribution is -2.22. The van der Waals surface area contributed by atoms with Crippen LogP contribution < -0.4 is 4.74 Å². The molecule has 0 amide bonds. The van der Waals surface area contributed by atoms with Crippen LogP contribution in [0.3, 0.4) is 0 Å². The molecule has 2 atom stereocenters. The number of alkyl halides is 1. The van der Waals surface area contributed by atoms with Crippen LogP contribution in [0.25, 0.3) is 21.5 Å². The number of benzene rings is 3. The minimum Gasteiger partial charge on any atom is -0.460 e. The third-order valence-electron chi connectivity index (χ3n) is 6.04. The molecule has 2 heteroatoms. The first-order valence-electron chi connectivity index (χ1n) is 11.4. The van der Waals surface area contributed by atoms with Gasteiger partial charge in [0.1, 0.15) is 5.75 Å². The number of fused-ring (bicyclic) bond motifs is 3. The van der Waals surface area contributed by atoms with Crippen LogP contribution in [0.2, 0.25) is 0 Å². The van der Waals surface area contributed by atoms with Crippen LogP contribution in [0.4, 0.5) is 4.39 Å². The lowest BCUT2D eigenvalue weighted by atomic mass is 9.97. The van der Waals surface area contributed by atoms with Gasteiger partial charge in [0.2, 0.25) is 6.36 Å². The van der Waals surface area contributed by atoms with E-state index in [1.54, 1.807) is 0 Å². The fourth-order valence-corrected chi connectivity index (χ4v) is 4.17. The van der Waals surface area contributed by atoms with E-state index in [4.69, 9.17) is 4.74 Å². The van der Waals surface area contributed by atoms with Crippen molar-refractivity contribution in [2.75, 3.05) is 0 Å². The van der Waals surface area contributed by atoms with E-state index >= 15 is 0 Å². The van der Waals surface area contributed by atoms with Crippen molar-refractivity contribution in [3.05, 3.63) is 54.6 Å². The summed E-state index contributed by atoms with van der Waals surface area (Å²) in [5, 5.41) is 4.71. The molecule has 3 aromatic carbocycles. The van der Waals surface area contributed by atoms with E-state index in [2.05, 4.69) is 56.3 Å². The average molecular weight is 395 g/mol. The fraction of sp³-hybridized carbons (Fsp3) is 0.481. The highest BCUT2D eigenvalue weighted by Crippen LogP contribution is 2.30. The van der Waals surface area contributed by atoms with Gasteiger partial charge in [0, 0.05) is 5.92 Å². The van der Waals surface area contributed by atoms with Crippen LogP contribution in [-0.2, 0) is 0 Å². The second-order valence-electron chi connectivity index (χ2n) is 8.22. The molecule has 0 N–H and O–H groups in total. The standard InChI is InChI=1S/C27H35FO/c1-3-5-6-7-8-9-10-13-21(4-2)27(28)29-24-18-19-26-23(20-24)17-16-22-14-11-12-15-25(22)26/h11-12,14-21,27H,3-10,13H2,1-2H3. The van der Waals surface area contributed by atoms with E-state index in [0.29, 0.717) is 5.75 Å². The summed E-state index contributed by atoms with van der Waals surface area (Å²) in [6.07, 6.45) is 9.31. The molecule has 0 bridgehead atoms. The highest BCUT2D eigenvalue weighted by Gasteiger charge is 2.21. The predicted octanol–water partition coefficient (Wildman–Crippen LogP) is 8.83. The summed E-state index contributed by atoms with van der Waals surface area (Å²) in [7, 11) is 0. The Labute approximate surface area is 175 Å². The predicted molar refractivity (Wildman–Crippen MR) is 123 cm³/mol. The Morgan fingerprint density at radius 2 is 1.45 bits per heavy atom. The smallest absolute Gasteiger partial charge is 0.241 e. The summed E-state index contributed by atoms with van der Waals surface area (Å²) in [5.74, 6) is 0.594. The Bertz CT molecular complexity index is 888. The van der Waals surface area contributed by atoms with Gasteiger partial charge >= 0.3 is 0 Å². The van der Waals surface area contributed by atoms with Gasteiger partial charge in [-0.15, -0.1) is 0 Å². The van der Waals surface area contributed by atoms with Gasteiger partial charge in [-0.25, -0.2) is 4.39 Å². The molecule has 0 spiro atoms. The van der Waals surface area contributed by atoms with Crippen LogP contribution in [0, 0.1) is 5.92 Å². The second-order valence-corrected chi connectivity index (χ2v) is 8.22. The molecular formula is C27H35FO. The summed E-state index contributed by atoms with van der Waals surface area (Å²) in [5.41, 5.74) is 0. The topological polar surface area (TPSA) is 9.23 Å². The summed E-state index contributed by atoms with van der Waals surface area (Å²) < 4.78 is 20.6. The Balaban J connectivity index is 1.56. The molecule has 0 saturated carbocycles. The number of unbranched alkanes of at least 4 members (excludes halogenated alkanes) is 6. The van der Waals surface area contributed by atoms with E-state index in [1.165, 1.54) is 54.7 Å². The van der Waals surface area contributed by atoms with Crippen molar-refractivity contribution in [3.63, 3.8) is 0 Å². The van der Waals surface area contributed by atoms with E-state index < -0.39 is 6.36 Å². The van der Waals surface area contributed by atoms with E-state index in [0.717, 1.165) is 24.6 Å². The lowest BCUT2D eigenvalue weighted by molar-refractivity contribution is 0.00620. The van der Waals surface area contributed by atoms with Gasteiger partial charge in [-0.05, 0) is 46.5 Å². The normalized spacial score (nSPS) is 13.6. The van der Waals surface area contributed by atoms with Gasteiger partial charge in [-0.3, -0.25) is 0 Å². The average Bonchev–Trinajstić information content (AvgIpc) is 2.75. The first kappa shape index (κ1) is 21.6. The number of halogens is 1. The maximum absolute atomic E-state index is 14.9. The maximum atomic E-state index is 14.9. The van der Waals surface area contributed by atoms with Crippen LogP contribution >= 0.6 is 0 Å². The number of hydrogen-bond donors (Lipinski definition) is 0. The highest BCUT2D eigenvalue weighted by molar-refractivity contribution is 6.07. The molecule has 156 valence electrons. The van der Waals surface area contributed by atoms with Gasteiger partial charge in [-0.2, -0.15) is 0 Å². The highest BCUT2D eigenvalue weighted by atomic mass is 19.1. The SMILES string of the molecule is CCCCCCCCCC(CC)C(F)Oc1ccc2c(ccc3ccccc32)c1. The van der Waals surface area contributed by atoms with Gasteiger partial charge in [0.15, 0.2) is 0 Å². The molecule has 3 aromatic rings. The first-order chi connectivity index (χ1) is 14.2. The second kappa shape index (κ2) is 11.2. The Hall–Kier alpha value is -2.09. The van der Waals surface area contributed by atoms with Gasteiger partial charge in [0.25, 0.3) is 0 Å². The van der Waals surface area contributed by atoms with Gasteiger partial charge < -0.3 is 4.74 Å². The van der Waals surface area contributed by atoms with Crippen LogP contribution in [-0.4, -0.2) is 6.36 Å². The maximum Gasteiger partial charge on any atom is 0.241 e. The number of rotatable bonds is 12. The minimum atomic E-state index is -1.24. The Morgan fingerprint density at radius 1 is 0.759 bits per heavy atom. The van der Waals surface area contributed by atoms with Crippen LogP contribution in [0.5, 0.6) is 5.75 Å². The number of ether oxygens (including phenoxy) is 1. The third kappa shape index (κ3) is 5.95. The minimum absolute atomic E-state index is 0.0297. The molecule has 0 saturated heterocycles. The van der Waals surface area contributed by atoms with Crippen LogP contribution in [0.1, 0.15) is 71.6 Å².